The molecule has 1 atom stereocenters. The lowest BCUT2D eigenvalue weighted by molar-refractivity contribution is 0.132. The molecule has 2 fully saturated rings. The summed E-state index contributed by atoms with van der Waals surface area (Å²) in [4.78, 5) is 2.50. The predicted molar refractivity (Wildman–Crippen MR) is 74.3 cm³/mol. The Bertz CT molecular complexity index is 223. The van der Waals surface area contributed by atoms with Crippen molar-refractivity contribution in [2.45, 2.75) is 63.3 Å². The summed E-state index contributed by atoms with van der Waals surface area (Å²) in [5.41, 5.74) is 0.421. The molecule has 1 N–H and O–H groups in total. The second-order valence-corrected chi connectivity index (χ2v) is 6.41. The van der Waals surface area contributed by atoms with Gasteiger partial charge in [0.2, 0.25) is 0 Å². The number of nitrogens with zero attached hydrogens (tertiary/aromatic N) is 1. The molecule has 0 bridgehead atoms. The third-order valence-corrected chi connectivity index (χ3v) is 5.05. The molecule has 0 aromatic heterocycles. The van der Waals surface area contributed by atoms with Gasteiger partial charge in [-0.1, -0.05) is 32.1 Å². The second-order valence-electron chi connectivity index (χ2n) is 6.41. The average molecular weight is 238 g/mol. The van der Waals surface area contributed by atoms with Crippen LogP contribution in [0.1, 0.15) is 57.8 Å². The summed E-state index contributed by atoms with van der Waals surface area (Å²) in [5, 5.41) is 3.65. The number of nitrogens with one attached hydrogen (secondary N) is 1. The van der Waals surface area contributed by atoms with Crippen LogP contribution in [0, 0.1) is 5.92 Å². The van der Waals surface area contributed by atoms with Crippen molar-refractivity contribution in [2.24, 2.45) is 5.92 Å². The van der Waals surface area contributed by atoms with E-state index in [1.54, 1.807) is 0 Å². The van der Waals surface area contributed by atoms with Gasteiger partial charge in [0.15, 0.2) is 0 Å². The third-order valence-electron chi connectivity index (χ3n) is 5.05. The molecule has 1 saturated carbocycles. The van der Waals surface area contributed by atoms with Crippen molar-refractivity contribution in [3.8, 4) is 0 Å². The molecular formula is C15H30N2. The maximum absolute atomic E-state index is 3.65. The van der Waals surface area contributed by atoms with Crippen molar-refractivity contribution in [1.82, 2.24) is 10.2 Å². The Hall–Kier alpha value is -0.0800. The lowest BCUT2D eigenvalue weighted by Gasteiger charge is -2.42. The van der Waals surface area contributed by atoms with Crippen LogP contribution in [0.25, 0.3) is 0 Å². The monoisotopic (exact) mass is 238 g/mol. The fourth-order valence-corrected chi connectivity index (χ4v) is 3.85. The zero-order valence-corrected chi connectivity index (χ0v) is 11.8. The van der Waals surface area contributed by atoms with Crippen molar-refractivity contribution in [2.75, 3.05) is 27.2 Å². The highest BCUT2D eigenvalue weighted by molar-refractivity contribution is 4.93. The van der Waals surface area contributed by atoms with Gasteiger partial charge in [-0.05, 0) is 52.2 Å². The largest absolute Gasteiger partial charge is 0.313 e. The topological polar surface area (TPSA) is 15.3 Å². The van der Waals surface area contributed by atoms with Gasteiger partial charge in [0, 0.05) is 12.1 Å². The SMILES string of the molecule is CNC1(CCC2CCCCC2)CCCN(C)C1. The summed E-state index contributed by atoms with van der Waals surface area (Å²) >= 11 is 0. The minimum atomic E-state index is 0.421. The van der Waals surface area contributed by atoms with Crippen LogP contribution in [0.4, 0.5) is 0 Å². The number of piperidine rings is 1. The molecule has 1 aliphatic heterocycles. The van der Waals surface area contributed by atoms with Gasteiger partial charge in [0.1, 0.15) is 0 Å². The highest BCUT2D eigenvalue weighted by Gasteiger charge is 2.33. The van der Waals surface area contributed by atoms with Crippen molar-refractivity contribution < 1.29 is 0 Å². The average Bonchev–Trinajstić information content (AvgIpc) is 2.38. The Labute approximate surface area is 107 Å². The molecule has 0 radical (unpaired) electrons. The van der Waals surface area contributed by atoms with Gasteiger partial charge in [-0.2, -0.15) is 0 Å². The summed E-state index contributed by atoms with van der Waals surface area (Å²) in [6, 6.07) is 0. The molecule has 1 aliphatic carbocycles. The van der Waals surface area contributed by atoms with Gasteiger partial charge >= 0.3 is 0 Å². The smallest absolute Gasteiger partial charge is 0.0306 e. The van der Waals surface area contributed by atoms with E-state index in [0.29, 0.717) is 5.54 Å². The maximum atomic E-state index is 3.65. The van der Waals surface area contributed by atoms with Crippen LogP contribution >= 0.6 is 0 Å². The molecule has 1 heterocycles. The minimum absolute atomic E-state index is 0.421. The first kappa shape index (κ1) is 13.4. The Morgan fingerprint density at radius 1 is 1.18 bits per heavy atom. The van der Waals surface area contributed by atoms with E-state index in [-0.39, 0.29) is 0 Å². The van der Waals surface area contributed by atoms with E-state index >= 15 is 0 Å². The molecule has 0 aromatic rings. The van der Waals surface area contributed by atoms with E-state index < -0.39 is 0 Å². The quantitative estimate of drug-likeness (QED) is 0.810. The van der Waals surface area contributed by atoms with Crippen LogP contribution in [0.3, 0.4) is 0 Å². The lowest BCUT2D eigenvalue weighted by Crippen LogP contribution is -2.54. The van der Waals surface area contributed by atoms with Gasteiger partial charge in [-0.25, -0.2) is 0 Å². The van der Waals surface area contributed by atoms with E-state index in [4.69, 9.17) is 0 Å². The Balaban J connectivity index is 1.81. The number of hydrogen-bond acceptors (Lipinski definition) is 2. The maximum Gasteiger partial charge on any atom is 0.0306 e. The van der Waals surface area contributed by atoms with E-state index in [1.807, 2.05) is 0 Å². The standard InChI is InChI=1S/C15H30N2/c1-16-15(10-6-12-17(2)13-15)11-9-14-7-4-3-5-8-14/h14,16H,3-13H2,1-2H3. The summed E-state index contributed by atoms with van der Waals surface area (Å²) in [5.74, 6) is 1.03. The zero-order chi connectivity index (χ0) is 12.1. The van der Waals surface area contributed by atoms with Crippen LogP contribution in [-0.2, 0) is 0 Å². The van der Waals surface area contributed by atoms with Crippen molar-refractivity contribution >= 4 is 0 Å². The first-order valence-electron chi connectivity index (χ1n) is 7.62. The Morgan fingerprint density at radius 3 is 2.59 bits per heavy atom. The van der Waals surface area contributed by atoms with Gasteiger partial charge in [0.05, 0.1) is 0 Å². The molecule has 2 heteroatoms. The Kier molecular flexibility index (Phi) is 4.87. The first-order chi connectivity index (χ1) is 8.24. The fourth-order valence-electron chi connectivity index (χ4n) is 3.85. The molecule has 1 saturated heterocycles. The first-order valence-corrected chi connectivity index (χ1v) is 7.62. The fraction of sp³-hybridized carbons (Fsp3) is 1.00. The van der Waals surface area contributed by atoms with Crippen LogP contribution in [0.2, 0.25) is 0 Å². The van der Waals surface area contributed by atoms with Crippen LogP contribution in [0.15, 0.2) is 0 Å². The van der Waals surface area contributed by atoms with Gasteiger partial charge in [-0.3, -0.25) is 0 Å². The summed E-state index contributed by atoms with van der Waals surface area (Å²) in [6.07, 6.45) is 13.0. The number of rotatable bonds is 4. The summed E-state index contributed by atoms with van der Waals surface area (Å²) in [7, 11) is 4.44. The molecule has 2 aliphatic rings. The predicted octanol–water partition coefficient (Wildman–Crippen LogP) is 3.03. The van der Waals surface area contributed by atoms with E-state index in [0.717, 1.165) is 5.92 Å². The van der Waals surface area contributed by atoms with Crippen LogP contribution < -0.4 is 5.32 Å². The van der Waals surface area contributed by atoms with Crippen molar-refractivity contribution in [1.29, 1.82) is 0 Å². The lowest BCUT2D eigenvalue weighted by atomic mass is 9.79. The Morgan fingerprint density at radius 2 is 1.94 bits per heavy atom. The summed E-state index contributed by atoms with van der Waals surface area (Å²) in [6.45, 7) is 2.53. The van der Waals surface area contributed by atoms with E-state index in [9.17, 15) is 0 Å². The minimum Gasteiger partial charge on any atom is -0.313 e. The van der Waals surface area contributed by atoms with E-state index in [2.05, 4.69) is 24.3 Å². The molecular weight excluding hydrogens is 208 g/mol. The van der Waals surface area contributed by atoms with Gasteiger partial charge in [-0.15, -0.1) is 0 Å². The van der Waals surface area contributed by atoms with Crippen molar-refractivity contribution in [3.63, 3.8) is 0 Å². The number of hydrogen-bond donors (Lipinski definition) is 1. The highest BCUT2D eigenvalue weighted by atomic mass is 15.2. The summed E-state index contributed by atoms with van der Waals surface area (Å²) < 4.78 is 0. The molecule has 0 spiro atoms. The zero-order valence-electron chi connectivity index (χ0n) is 11.8. The normalized spacial score (nSPS) is 32.8. The van der Waals surface area contributed by atoms with Crippen molar-refractivity contribution in [3.05, 3.63) is 0 Å². The molecule has 100 valence electrons. The molecule has 0 amide bonds. The molecule has 0 aromatic carbocycles. The molecule has 17 heavy (non-hydrogen) atoms. The van der Waals surface area contributed by atoms with Crippen LogP contribution in [-0.4, -0.2) is 37.6 Å². The molecule has 2 rings (SSSR count). The van der Waals surface area contributed by atoms with Gasteiger partial charge < -0.3 is 10.2 Å². The number of likely N-dealkylation sites (N-methyl/N-ethyl adjacent to an activating group) is 2. The van der Waals surface area contributed by atoms with E-state index in [1.165, 1.54) is 70.9 Å². The van der Waals surface area contributed by atoms with Gasteiger partial charge in [0.25, 0.3) is 0 Å². The third kappa shape index (κ3) is 3.69. The number of likely N-dealkylation sites (tertiary alicyclic amines) is 1. The second kappa shape index (κ2) is 6.19. The molecule has 2 nitrogen and oxygen atoms in total. The molecule has 1 unspecified atom stereocenters. The van der Waals surface area contributed by atoms with Crippen LogP contribution in [0.5, 0.6) is 0 Å². The highest BCUT2D eigenvalue weighted by Crippen LogP contribution is 2.32.